The van der Waals surface area contributed by atoms with Crippen LogP contribution in [0.25, 0.3) is 11.1 Å². The van der Waals surface area contributed by atoms with Gasteiger partial charge < -0.3 is 5.73 Å². The maximum atomic E-state index is 13.7. The molecule has 0 radical (unpaired) electrons. The van der Waals surface area contributed by atoms with E-state index in [1.54, 1.807) is 6.92 Å². The zero-order chi connectivity index (χ0) is 13.3. The molecule has 0 saturated carbocycles. The Morgan fingerprint density at radius 1 is 0.889 bits per heavy atom. The van der Waals surface area contributed by atoms with E-state index in [0.29, 0.717) is 11.1 Å². The summed E-state index contributed by atoms with van der Waals surface area (Å²) < 4.78 is 39.7. The number of hydrogen-bond acceptors (Lipinski definition) is 1. The van der Waals surface area contributed by atoms with Crippen LogP contribution in [-0.2, 0) is 0 Å². The highest BCUT2D eigenvalue weighted by atomic mass is 19.1. The molecule has 2 N–H and O–H groups in total. The second-order valence-electron chi connectivity index (χ2n) is 4.14. The lowest BCUT2D eigenvalue weighted by Crippen LogP contribution is -2.07. The minimum Gasteiger partial charge on any atom is -0.324 e. The van der Waals surface area contributed by atoms with Crippen molar-refractivity contribution in [3.63, 3.8) is 0 Å². The second-order valence-corrected chi connectivity index (χ2v) is 4.14. The topological polar surface area (TPSA) is 26.0 Å². The summed E-state index contributed by atoms with van der Waals surface area (Å²) in [6.07, 6.45) is 0. The van der Waals surface area contributed by atoms with E-state index in [-0.39, 0.29) is 5.56 Å². The molecule has 0 aliphatic rings. The lowest BCUT2D eigenvalue weighted by molar-refractivity contribution is 0.585. The van der Waals surface area contributed by atoms with Gasteiger partial charge in [-0.15, -0.1) is 0 Å². The molecule has 2 aromatic carbocycles. The van der Waals surface area contributed by atoms with Crippen LogP contribution in [0.1, 0.15) is 18.5 Å². The Kier molecular flexibility index (Phi) is 3.39. The van der Waals surface area contributed by atoms with Gasteiger partial charge in [-0.1, -0.05) is 6.07 Å². The van der Waals surface area contributed by atoms with E-state index in [0.717, 1.165) is 12.1 Å². The number of benzene rings is 2. The van der Waals surface area contributed by atoms with Gasteiger partial charge in [0.05, 0.1) is 0 Å². The first-order valence-electron chi connectivity index (χ1n) is 5.49. The van der Waals surface area contributed by atoms with Gasteiger partial charge in [0.1, 0.15) is 17.5 Å². The Labute approximate surface area is 103 Å². The van der Waals surface area contributed by atoms with Crippen molar-refractivity contribution in [1.82, 2.24) is 0 Å². The van der Waals surface area contributed by atoms with Crippen LogP contribution in [0.2, 0.25) is 0 Å². The normalized spacial score (nSPS) is 12.5. The Balaban J connectivity index is 2.63. The average Bonchev–Trinajstić information content (AvgIpc) is 2.29. The molecule has 1 unspecified atom stereocenters. The molecule has 1 atom stereocenters. The standard InChI is InChI=1S/C14H12F3N/c1-8(18)13-6-9(15)2-4-11(13)12-5-3-10(16)7-14(12)17/h2-8H,18H2,1H3. The summed E-state index contributed by atoms with van der Waals surface area (Å²) in [5.41, 5.74) is 6.91. The predicted octanol–water partition coefficient (Wildman–Crippen LogP) is 3.79. The third kappa shape index (κ3) is 2.38. The van der Waals surface area contributed by atoms with Crippen molar-refractivity contribution in [1.29, 1.82) is 0 Å². The van der Waals surface area contributed by atoms with Crippen LogP contribution >= 0.6 is 0 Å². The molecule has 4 heteroatoms. The zero-order valence-electron chi connectivity index (χ0n) is 9.75. The fraction of sp³-hybridized carbons (Fsp3) is 0.143. The van der Waals surface area contributed by atoms with E-state index in [4.69, 9.17) is 5.73 Å². The summed E-state index contributed by atoms with van der Waals surface area (Å²) in [7, 11) is 0. The van der Waals surface area contributed by atoms with Crippen LogP contribution in [0.5, 0.6) is 0 Å². The molecule has 0 aliphatic carbocycles. The number of nitrogens with two attached hydrogens (primary N) is 1. The molecule has 18 heavy (non-hydrogen) atoms. The molecular weight excluding hydrogens is 239 g/mol. The molecule has 0 aliphatic heterocycles. The predicted molar refractivity (Wildman–Crippen MR) is 64.4 cm³/mol. The van der Waals surface area contributed by atoms with Gasteiger partial charge >= 0.3 is 0 Å². The molecule has 0 bridgehead atoms. The van der Waals surface area contributed by atoms with Gasteiger partial charge in [0.25, 0.3) is 0 Å². The van der Waals surface area contributed by atoms with E-state index >= 15 is 0 Å². The Morgan fingerprint density at radius 3 is 2.00 bits per heavy atom. The first kappa shape index (κ1) is 12.6. The van der Waals surface area contributed by atoms with Crippen molar-refractivity contribution < 1.29 is 13.2 Å². The summed E-state index contributed by atoms with van der Waals surface area (Å²) in [5, 5.41) is 0. The lowest BCUT2D eigenvalue weighted by atomic mass is 9.95. The number of rotatable bonds is 2. The summed E-state index contributed by atoms with van der Waals surface area (Å²) in [6, 6.07) is 6.78. The van der Waals surface area contributed by atoms with Gasteiger partial charge in [-0.2, -0.15) is 0 Å². The molecule has 1 nitrogen and oxygen atoms in total. The zero-order valence-corrected chi connectivity index (χ0v) is 9.75. The van der Waals surface area contributed by atoms with Crippen molar-refractivity contribution in [3.05, 3.63) is 59.4 Å². The molecular formula is C14H12F3N. The molecule has 0 heterocycles. The lowest BCUT2D eigenvalue weighted by Gasteiger charge is -2.13. The molecule has 0 fully saturated rings. The van der Waals surface area contributed by atoms with Crippen molar-refractivity contribution in [2.45, 2.75) is 13.0 Å². The van der Waals surface area contributed by atoms with Crippen LogP contribution in [0.15, 0.2) is 36.4 Å². The van der Waals surface area contributed by atoms with E-state index < -0.39 is 23.5 Å². The SMILES string of the molecule is CC(N)c1cc(F)ccc1-c1ccc(F)cc1F. The fourth-order valence-corrected chi connectivity index (χ4v) is 1.86. The maximum absolute atomic E-state index is 13.7. The molecule has 2 aromatic rings. The average molecular weight is 251 g/mol. The summed E-state index contributed by atoms with van der Waals surface area (Å²) in [4.78, 5) is 0. The van der Waals surface area contributed by atoms with Crippen LogP contribution in [-0.4, -0.2) is 0 Å². The fourth-order valence-electron chi connectivity index (χ4n) is 1.86. The summed E-state index contributed by atoms with van der Waals surface area (Å²) in [6.45, 7) is 1.68. The van der Waals surface area contributed by atoms with Gasteiger partial charge in [-0.3, -0.25) is 0 Å². The first-order valence-corrected chi connectivity index (χ1v) is 5.49. The first-order chi connectivity index (χ1) is 8.49. The van der Waals surface area contributed by atoms with Gasteiger partial charge in [-0.05, 0) is 42.3 Å². The van der Waals surface area contributed by atoms with Crippen LogP contribution in [0.3, 0.4) is 0 Å². The summed E-state index contributed by atoms with van der Waals surface area (Å²) >= 11 is 0. The summed E-state index contributed by atoms with van der Waals surface area (Å²) in [5.74, 6) is -1.78. The highest BCUT2D eigenvalue weighted by Crippen LogP contribution is 2.30. The second kappa shape index (κ2) is 4.82. The third-order valence-electron chi connectivity index (χ3n) is 2.73. The van der Waals surface area contributed by atoms with Gasteiger partial charge in [-0.25, -0.2) is 13.2 Å². The molecule has 2 rings (SSSR count). The van der Waals surface area contributed by atoms with Crippen molar-refractivity contribution in [2.24, 2.45) is 5.73 Å². The largest absolute Gasteiger partial charge is 0.324 e. The van der Waals surface area contributed by atoms with Gasteiger partial charge in [0.15, 0.2) is 0 Å². The smallest absolute Gasteiger partial charge is 0.133 e. The third-order valence-corrected chi connectivity index (χ3v) is 2.73. The number of halogens is 3. The Morgan fingerprint density at radius 2 is 1.44 bits per heavy atom. The monoisotopic (exact) mass is 251 g/mol. The van der Waals surface area contributed by atoms with Crippen molar-refractivity contribution in [3.8, 4) is 11.1 Å². The van der Waals surface area contributed by atoms with E-state index in [1.165, 1.54) is 24.3 Å². The minimum atomic E-state index is -0.691. The van der Waals surface area contributed by atoms with E-state index in [2.05, 4.69) is 0 Å². The molecule has 0 aromatic heterocycles. The number of hydrogen-bond donors (Lipinski definition) is 1. The van der Waals surface area contributed by atoms with Crippen molar-refractivity contribution in [2.75, 3.05) is 0 Å². The highest BCUT2D eigenvalue weighted by Gasteiger charge is 2.13. The highest BCUT2D eigenvalue weighted by molar-refractivity contribution is 5.68. The van der Waals surface area contributed by atoms with Gasteiger partial charge in [0, 0.05) is 17.7 Å². The van der Waals surface area contributed by atoms with Gasteiger partial charge in [0.2, 0.25) is 0 Å². The molecule has 0 spiro atoms. The van der Waals surface area contributed by atoms with Crippen LogP contribution in [0, 0.1) is 17.5 Å². The Bertz CT molecular complexity index is 579. The Hall–Kier alpha value is -1.81. The maximum Gasteiger partial charge on any atom is 0.133 e. The van der Waals surface area contributed by atoms with E-state index in [1.807, 2.05) is 0 Å². The van der Waals surface area contributed by atoms with Crippen molar-refractivity contribution >= 4 is 0 Å². The quantitative estimate of drug-likeness (QED) is 0.863. The van der Waals surface area contributed by atoms with Crippen LogP contribution < -0.4 is 5.73 Å². The minimum absolute atomic E-state index is 0.212. The molecule has 0 saturated heterocycles. The van der Waals surface area contributed by atoms with E-state index in [9.17, 15) is 13.2 Å². The molecule has 0 amide bonds. The van der Waals surface area contributed by atoms with Crippen LogP contribution in [0.4, 0.5) is 13.2 Å². The molecule has 94 valence electrons.